The van der Waals surface area contributed by atoms with Crippen LogP contribution in [0.3, 0.4) is 0 Å². The van der Waals surface area contributed by atoms with Crippen molar-refractivity contribution < 1.29 is 31.1 Å². The maximum absolute atomic E-state index is 13.1. The van der Waals surface area contributed by atoms with Gasteiger partial charge in [-0.15, -0.1) is 0 Å². The van der Waals surface area contributed by atoms with Gasteiger partial charge in [-0.3, -0.25) is 4.79 Å². The van der Waals surface area contributed by atoms with Crippen LogP contribution in [0.25, 0.3) is 0 Å². The van der Waals surface area contributed by atoms with E-state index in [1.807, 2.05) is 6.92 Å². The number of piperidine rings is 1. The normalized spacial score (nSPS) is 16.0. The number of ether oxygens (including phenoxy) is 1. The number of rotatable bonds is 6. The lowest BCUT2D eigenvalue weighted by Gasteiger charge is -2.30. The highest BCUT2D eigenvalue weighted by Gasteiger charge is 2.37. The number of carbonyl (C=O) groups excluding carboxylic acids is 1. The molecule has 1 amide bonds. The predicted molar refractivity (Wildman–Crippen MR) is 114 cm³/mol. The molecular formula is C21H22ClF3N2O4S. The minimum Gasteiger partial charge on any atom is -0.494 e. The Kier molecular flexibility index (Phi) is 7.36. The van der Waals surface area contributed by atoms with E-state index in [9.17, 15) is 26.4 Å². The van der Waals surface area contributed by atoms with Crippen molar-refractivity contribution in [3.05, 3.63) is 53.1 Å². The molecule has 1 aliphatic rings. The summed E-state index contributed by atoms with van der Waals surface area (Å²) in [6.07, 6.45) is -4.28. The van der Waals surface area contributed by atoms with Crippen LogP contribution in [0.15, 0.2) is 47.4 Å². The van der Waals surface area contributed by atoms with Crippen LogP contribution in [0, 0.1) is 5.92 Å². The Morgan fingerprint density at radius 1 is 1.19 bits per heavy atom. The summed E-state index contributed by atoms with van der Waals surface area (Å²) in [7, 11) is -4.16. The molecule has 0 radical (unpaired) electrons. The summed E-state index contributed by atoms with van der Waals surface area (Å²) in [6, 6.07) is 9.45. The number of hydrogen-bond acceptors (Lipinski definition) is 4. The van der Waals surface area contributed by atoms with Crippen molar-refractivity contribution in [3.63, 3.8) is 0 Å². The van der Waals surface area contributed by atoms with Gasteiger partial charge in [0.05, 0.1) is 22.1 Å². The van der Waals surface area contributed by atoms with Gasteiger partial charge in [-0.1, -0.05) is 17.7 Å². The smallest absolute Gasteiger partial charge is 0.417 e. The van der Waals surface area contributed by atoms with E-state index in [0.29, 0.717) is 24.1 Å². The van der Waals surface area contributed by atoms with Crippen molar-refractivity contribution >= 4 is 33.2 Å². The lowest BCUT2D eigenvalue weighted by atomic mass is 9.97. The zero-order chi connectivity index (χ0) is 23.5. The molecule has 32 heavy (non-hydrogen) atoms. The summed E-state index contributed by atoms with van der Waals surface area (Å²) in [4.78, 5) is 12.1. The van der Waals surface area contributed by atoms with Crippen LogP contribution in [0.2, 0.25) is 5.02 Å². The molecule has 6 nitrogen and oxygen atoms in total. The third-order valence-corrected chi connectivity index (χ3v) is 7.34. The number of anilines is 1. The second-order valence-electron chi connectivity index (χ2n) is 7.27. The topological polar surface area (TPSA) is 75.7 Å². The van der Waals surface area contributed by atoms with Crippen molar-refractivity contribution in [2.45, 2.75) is 30.8 Å². The molecule has 0 bridgehead atoms. The first-order chi connectivity index (χ1) is 15.0. The molecule has 0 saturated carbocycles. The second kappa shape index (κ2) is 9.68. The molecule has 1 fully saturated rings. The highest BCUT2D eigenvalue weighted by molar-refractivity contribution is 7.89. The molecule has 3 rings (SSSR count). The van der Waals surface area contributed by atoms with E-state index in [1.165, 1.54) is 0 Å². The molecular weight excluding hydrogens is 469 g/mol. The summed E-state index contributed by atoms with van der Waals surface area (Å²) < 4.78 is 71.5. The average Bonchev–Trinajstić information content (AvgIpc) is 2.73. The Bertz CT molecular complexity index is 1080. The van der Waals surface area contributed by atoms with Crippen LogP contribution < -0.4 is 10.1 Å². The summed E-state index contributed by atoms with van der Waals surface area (Å²) in [5.41, 5.74) is -0.638. The van der Waals surface area contributed by atoms with Crippen LogP contribution in [0.4, 0.5) is 18.9 Å². The Balaban J connectivity index is 1.66. The molecule has 0 aromatic heterocycles. The highest BCUT2D eigenvalue weighted by atomic mass is 35.5. The number of carbonyl (C=O) groups is 1. The minimum absolute atomic E-state index is 0.0172. The maximum Gasteiger partial charge on any atom is 0.417 e. The molecule has 1 saturated heterocycles. The maximum atomic E-state index is 13.1. The summed E-state index contributed by atoms with van der Waals surface area (Å²) in [5.74, 6) is -0.0536. The van der Waals surface area contributed by atoms with Gasteiger partial charge in [-0.2, -0.15) is 17.5 Å². The Morgan fingerprint density at radius 2 is 1.88 bits per heavy atom. The van der Waals surface area contributed by atoms with Gasteiger partial charge in [0.15, 0.2) is 0 Å². The van der Waals surface area contributed by atoms with Gasteiger partial charge in [0.2, 0.25) is 15.9 Å². The summed E-state index contributed by atoms with van der Waals surface area (Å²) in [5, 5.41) is 2.23. The van der Waals surface area contributed by atoms with Crippen LogP contribution in [-0.4, -0.2) is 38.3 Å². The molecule has 2 aromatic rings. The molecule has 0 atom stereocenters. The Labute approximate surface area is 189 Å². The van der Waals surface area contributed by atoms with Crippen LogP contribution in [0.5, 0.6) is 5.75 Å². The van der Waals surface area contributed by atoms with Gasteiger partial charge < -0.3 is 10.1 Å². The molecule has 1 aliphatic heterocycles. The number of sulfonamides is 1. The molecule has 1 heterocycles. The average molecular weight is 491 g/mol. The largest absolute Gasteiger partial charge is 0.494 e. The van der Waals surface area contributed by atoms with Gasteiger partial charge in [0.25, 0.3) is 0 Å². The quantitative estimate of drug-likeness (QED) is 0.631. The van der Waals surface area contributed by atoms with Crippen LogP contribution in [-0.2, 0) is 21.0 Å². The van der Waals surface area contributed by atoms with E-state index in [4.69, 9.17) is 16.3 Å². The first kappa shape index (κ1) is 24.3. The standard InChI is InChI=1S/C21H22ClF3N2O4S/c1-2-31-16-5-3-4-15(12-16)26-20(28)14-8-10-27(11-9-14)32(29,30)17-6-7-19(22)18(13-17)21(23,24)25/h3-7,12-14H,2,8-11H2,1H3,(H,26,28). The Morgan fingerprint density at radius 3 is 2.50 bits per heavy atom. The highest BCUT2D eigenvalue weighted by Crippen LogP contribution is 2.37. The van der Waals surface area contributed by atoms with Crippen molar-refractivity contribution in [3.8, 4) is 5.75 Å². The number of nitrogens with zero attached hydrogens (tertiary/aromatic N) is 1. The fraction of sp³-hybridized carbons (Fsp3) is 0.381. The molecule has 0 aliphatic carbocycles. The van der Waals surface area contributed by atoms with Crippen LogP contribution in [0.1, 0.15) is 25.3 Å². The molecule has 174 valence electrons. The molecule has 11 heteroatoms. The first-order valence-corrected chi connectivity index (χ1v) is 11.7. The van der Waals surface area contributed by atoms with E-state index in [-0.39, 0.29) is 31.8 Å². The SMILES string of the molecule is CCOc1cccc(NC(=O)C2CCN(S(=O)(=O)c3ccc(Cl)c(C(F)(F)F)c3)CC2)c1. The van der Waals surface area contributed by atoms with E-state index in [0.717, 1.165) is 16.4 Å². The number of halogens is 4. The fourth-order valence-electron chi connectivity index (χ4n) is 3.46. The van der Waals surface area contributed by atoms with Gasteiger partial charge in [-0.25, -0.2) is 8.42 Å². The third kappa shape index (κ3) is 5.54. The number of alkyl halides is 3. The van der Waals surface area contributed by atoms with Gasteiger partial charge in [0.1, 0.15) is 5.75 Å². The van der Waals surface area contributed by atoms with E-state index < -0.39 is 37.6 Å². The lowest BCUT2D eigenvalue weighted by Crippen LogP contribution is -2.41. The number of hydrogen-bond donors (Lipinski definition) is 1. The Hall–Kier alpha value is -2.30. The van der Waals surface area contributed by atoms with Crippen molar-refractivity contribution in [2.75, 3.05) is 25.0 Å². The molecule has 2 aromatic carbocycles. The summed E-state index contributed by atoms with van der Waals surface area (Å²) >= 11 is 5.58. The van der Waals surface area contributed by atoms with Crippen molar-refractivity contribution in [2.24, 2.45) is 5.92 Å². The molecule has 1 N–H and O–H groups in total. The van der Waals surface area contributed by atoms with E-state index in [2.05, 4.69) is 5.32 Å². The fourth-order valence-corrected chi connectivity index (χ4v) is 5.19. The monoisotopic (exact) mass is 490 g/mol. The lowest BCUT2D eigenvalue weighted by molar-refractivity contribution is -0.137. The number of amides is 1. The van der Waals surface area contributed by atoms with Gasteiger partial charge in [-0.05, 0) is 50.1 Å². The predicted octanol–water partition coefficient (Wildman–Crippen LogP) is 4.80. The first-order valence-electron chi connectivity index (χ1n) is 9.93. The number of nitrogens with one attached hydrogen (secondary N) is 1. The zero-order valence-electron chi connectivity index (χ0n) is 17.2. The van der Waals surface area contributed by atoms with E-state index >= 15 is 0 Å². The zero-order valence-corrected chi connectivity index (χ0v) is 18.7. The van der Waals surface area contributed by atoms with Gasteiger partial charge in [0, 0.05) is 30.8 Å². The van der Waals surface area contributed by atoms with Gasteiger partial charge >= 0.3 is 6.18 Å². The van der Waals surface area contributed by atoms with Crippen LogP contribution >= 0.6 is 11.6 Å². The number of benzene rings is 2. The van der Waals surface area contributed by atoms with E-state index in [1.54, 1.807) is 24.3 Å². The van der Waals surface area contributed by atoms with Crippen molar-refractivity contribution in [1.29, 1.82) is 0 Å². The second-order valence-corrected chi connectivity index (χ2v) is 9.61. The van der Waals surface area contributed by atoms with Crippen molar-refractivity contribution in [1.82, 2.24) is 4.31 Å². The minimum atomic E-state index is -4.77. The third-order valence-electron chi connectivity index (χ3n) is 5.12. The molecule has 0 unspecified atom stereocenters. The summed E-state index contributed by atoms with van der Waals surface area (Å²) in [6.45, 7) is 2.37. The molecule has 0 spiro atoms.